The van der Waals surface area contributed by atoms with Crippen molar-refractivity contribution in [1.29, 1.82) is 0 Å². The molecule has 1 aliphatic rings. The van der Waals surface area contributed by atoms with E-state index < -0.39 is 5.97 Å². The number of hydrogen-bond donors (Lipinski definition) is 1. The van der Waals surface area contributed by atoms with E-state index in [1.54, 1.807) is 31.1 Å². The molecule has 3 rings (SSSR count). The second-order valence-corrected chi connectivity index (χ2v) is 6.00. The molecule has 0 spiro atoms. The van der Waals surface area contributed by atoms with Crippen molar-refractivity contribution in [3.63, 3.8) is 0 Å². The third kappa shape index (κ3) is 3.11. The van der Waals surface area contributed by atoms with Crippen LogP contribution in [0.2, 0.25) is 0 Å². The molecular formula is C19H19NO4. The van der Waals surface area contributed by atoms with Crippen LogP contribution in [0, 0.1) is 6.92 Å². The van der Waals surface area contributed by atoms with Crippen LogP contribution in [0.25, 0.3) is 0 Å². The minimum Gasteiger partial charge on any atom is -0.497 e. The number of ether oxygens (including phenoxy) is 1. The fourth-order valence-corrected chi connectivity index (χ4v) is 3.05. The molecule has 0 radical (unpaired) electrons. The zero-order chi connectivity index (χ0) is 17.3. The minimum atomic E-state index is -1.03. The summed E-state index contributed by atoms with van der Waals surface area (Å²) in [7, 11) is 1.62. The van der Waals surface area contributed by atoms with Crippen molar-refractivity contribution < 1.29 is 19.4 Å². The number of aryl methyl sites for hydroxylation is 1. The van der Waals surface area contributed by atoms with Crippen molar-refractivity contribution in [1.82, 2.24) is 4.90 Å². The molecule has 0 fully saturated rings. The highest BCUT2D eigenvalue weighted by molar-refractivity contribution is 5.98. The molecule has 2 aromatic carbocycles. The Morgan fingerprint density at radius 1 is 1.08 bits per heavy atom. The molecule has 0 unspecified atom stereocenters. The predicted molar refractivity (Wildman–Crippen MR) is 89.6 cm³/mol. The van der Waals surface area contributed by atoms with Crippen molar-refractivity contribution in [2.45, 2.75) is 19.9 Å². The molecule has 5 nitrogen and oxygen atoms in total. The normalized spacial score (nSPS) is 13.3. The van der Waals surface area contributed by atoms with Crippen molar-refractivity contribution >= 4 is 11.9 Å². The fraction of sp³-hybridized carbons (Fsp3) is 0.263. The summed E-state index contributed by atoms with van der Waals surface area (Å²) in [5.74, 6) is -0.400. The standard InChI is InChI=1S/C19H19NO4/c1-12-7-14(9-15(8-12)19(22)23)18(21)20-6-5-13-3-4-17(24-2)10-16(13)11-20/h3-4,7-10H,5-6,11H2,1-2H3,(H,22,23). The SMILES string of the molecule is COc1ccc2c(c1)CN(C(=O)c1cc(C)cc(C(=O)O)c1)CC2. The van der Waals surface area contributed by atoms with E-state index in [-0.39, 0.29) is 11.5 Å². The van der Waals surface area contributed by atoms with Crippen LogP contribution in [0.4, 0.5) is 0 Å². The summed E-state index contributed by atoms with van der Waals surface area (Å²) in [5, 5.41) is 9.17. The molecule has 2 aromatic rings. The maximum Gasteiger partial charge on any atom is 0.335 e. The van der Waals surface area contributed by atoms with Gasteiger partial charge in [0.15, 0.2) is 0 Å². The van der Waals surface area contributed by atoms with E-state index in [1.807, 2.05) is 18.2 Å². The molecule has 1 aliphatic heterocycles. The first-order valence-electron chi connectivity index (χ1n) is 7.78. The molecule has 1 N–H and O–H groups in total. The number of carboxylic acid groups (broad SMARTS) is 1. The Morgan fingerprint density at radius 2 is 1.83 bits per heavy atom. The van der Waals surface area contributed by atoms with Crippen molar-refractivity contribution in [3.8, 4) is 5.75 Å². The monoisotopic (exact) mass is 325 g/mol. The van der Waals surface area contributed by atoms with Gasteiger partial charge in [0.05, 0.1) is 12.7 Å². The molecule has 1 amide bonds. The molecule has 0 atom stereocenters. The van der Waals surface area contributed by atoms with Crippen LogP contribution < -0.4 is 4.74 Å². The van der Waals surface area contributed by atoms with Crippen LogP contribution in [0.15, 0.2) is 36.4 Å². The second-order valence-electron chi connectivity index (χ2n) is 6.00. The van der Waals surface area contributed by atoms with Gasteiger partial charge in [0.25, 0.3) is 5.91 Å². The Bertz CT molecular complexity index is 813. The van der Waals surface area contributed by atoms with E-state index in [2.05, 4.69) is 0 Å². The third-order valence-corrected chi connectivity index (χ3v) is 4.28. The lowest BCUT2D eigenvalue weighted by atomic mass is 9.98. The van der Waals surface area contributed by atoms with Crippen LogP contribution in [0.1, 0.15) is 37.4 Å². The topological polar surface area (TPSA) is 66.8 Å². The maximum absolute atomic E-state index is 12.8. The van der Waals surface area contributed by atoms with Crippen molar-refractivity contribution in [2.75, 3.05) is 13.7 Å². The fourth-order valence-electron chi connectivity index (χ4n) is 3.05. The van der Waals surface area contributed by atoms with E-state index in [9.17, 15) is 14.7 Å². The quantitative estimate of drug-likeness (QED) is 0.942. The molecule has 24 heavy (non-hydrogen) atoms. The highest BCUT2D eigenvalue weighted by atomic mass is 16.5. The van der Waals surface area contributed by atoms with Gasteiger partial charge < -0.3 is 14.7 Å². The number of amides is 1. The van der Waals surface area contributed by atoms with E-state index in [4.69, 9.17) is 4.74 Å². The number of methoxy groups -OCH3 is 1. The summed E-state index contributed by atoms with van der Waals surface area (Å²) in [6.45, 7) is 2.91. The number of carbonyl (C=O) groups excluding carboxylic acids is 1. The van der Waals surface area contributed by atoms with Crippen LogP contribution in [-0.4, -0.2) is 35.5 Å². The highest BCUT2D eigenvalue weighted by Gasteiger charge is 2.23. The van der Waals surface area contributed by atoms with Crippen LogP contribution >= 0.6 is 0 Å². The van der Waals surface area contributed by atoms with E-state index in [0.29, 0.717) is 18.7 Å². The van der Waals surface area contributed by atoms with Gasteiger partial charge in [-0.05, 0) is 60.4 Å². The molecule has 5 heteroatoms. The zero-order valence-electron chi connectivity index (χ0n) is 13.7. The number of hydrogen-bond acceptors (Lipinski definition) is 3. The lowest BCUT2D eigenvalue weighted by Gasteiger charge is -2.29. The molecule has 0 saturated heterocycles. The largest absolute Gasteiger partial charge is 0.497 e. The van der Waals surface area contributed by atoms with Gasteiger partial charge in [-0.2, -0.15) is 0 Å². The Hall–Kier alpha value is -2.82. The number of rotatable bonds is 3. The molecule has 0 saturated carbocycles. The lowest BCUT2D eigenvalue weighted by molar-refractivity contribution is 0.0696. The Balaban J connectivity index is 1.87. The zero-order valence-corrected chi connectivity index (χ0v) is 13.7. The average molecular weight is 325 g/mol. The number of carboxylic acids is 1. The highest BCUT2D eigenvalue weighted by Crippen LogP contribution is 2.25. The first-order chi connectivity index (χ1) is 11.5. The predicted octanol–water partition coefficient (Wildman–Crippen LogP) is 2.90. The molecular weight excluding hydrogens is 306 g/mol. The van der Waals surface area contributed by atoms with Gasteiger partial charge >= 0.3 is 5.97 Å². The maximum atomic E-state index is 12.8. The van der Waals surface area contributed by atoms with Gasteiger partial charge in [-0.3, -0.25) is 4.79 Å². The van der Waals surface area contributed by atoms with Crippen molar-refractivity contribution in [2.24, 2.45) is 0 Å². The number of aromatic carboxylic acids is 1. The number of carbonyl (C=O) groups is 2. The van der Waals surface area contributed by atoms with Gasteiger partial charge in [0.1, 0.15) is 5.75 Å². The van der Waals surface area contributed by atoms with Gasteiger partial charge in [-0.25, -0.2) is 4.79 Å². The number of benzene rings is 2. The molecule has 1 heterocycles. The van der Waals surface area contributed by atoms with Gasteiger partial charge in [0, 0.05) is 18.7 Å². The first kappa shape index (κ1) is 16.1. The van der Waals surface area contributed by atoms with Gasteiger partial charge in [-0.15, -0.1) is 0 Å². The van der Waals surface area contributed by atoms with E-state index >= 15 is 0 Å². The molecule has 0 aliphatic carbocycles. The van der Waals surface area contributed by atoms with Crippen LogP contribution in [0.5, 0.6) is 5.75 Å². The summed E-state index contributed by atoms with van der Waals surface area (Å²) in [6.07, 6.45) is 0.780. The van der Waals surface area contributed by atoms with Gasteiger partial charge in [-0.1, -0.05) is 6.07 Å². The Morgan fingerprint density at radius 3 is 2.54 bits per heavy atom. The molecule has 0 bridgehead atoms. The van der Waals surface area contributed by atoms with Gasteiger partial charge in [0.2, 0.25) is 0 Å². The van der Waals surface area contributed by atoms with Crippen molar-refractivity contribution in [3.05, 3.63) is 64.2 Å². The summed E-state index contributed by atoms with van der Waals surface area (Å²) in [6, 6.07) is 10.7. The number of fused-ring (bicyclic) bond motifs is 1. The van der Waals surface area contributed by atoms with Crippen LogP contribution in [-0.2, 0) is 13.0 Å². The average Bonchev–Trinajstić information content (AvgIpc) is 2.59. The minimum absolute atomic E-state index is 0.137. The summed E-state index contributed by atoms with van der Waals surface area (Å²) >= 11 is 0. The first-order valence-corrected chi connectivity index (χ1v) is 7.78. The lowest BCUT2D eigenvalue weighted by Crippen LogP contribution is -2.36. The van der Waals surface area contributed by atoms with E-state index in [0.717, 1.165) is 23.3 Å². The summed E-state index contributed by atoms with van der Waals surface area (Å²) in [5.41, 5.74) is 3.60. The van der Waals surface area contributed by atoms with Crippen LogP contribution in [0.3, 0.4) is 0 Å². The number of nitrogens with zero attached hydrogens (tertiary/aromatic N) is 1. The second kappa shape index (κ2) is 6.35. The third-order valence-electron chi connectivity index (χ3n) is 4.28. The smallest absolute Gasteiger partial charge is 0.335 e. The Kier molecular flexibility index (Phi) is 4.25. The summed E-state index contributed by atoms with van der Waals surface area (Å²) < 4.78 is 5.25. The molecule has 124 valence electrons. The summed E-state index contributed by atoms with van der Waals surface area (Å²) in [4.78, 5) is 25.7. The van der Waals surface area contributed by atoms with E-state index in [1.165, 1.54) is 11.6 Å². The molecule has 0 aromatic heterocycles. The Labute approximate surface area is 140 Å².